The Morgan fingerprint density at radius 1 is 1.14 bits per heavy atom. The Morgan fingerprint density at radius 2 is 2.00 bits per heavy atom. The molecule has 1 aromatic rings. The van der Waals surface area contributed by atoms with Crippen molar-refractivity contribution >= 4 is 17.4 Å². The first kappa shape index (κ1) is 24.2. The highest BCUT2D eigenvalue weighted by atomic mass is 16.6. The first-order valence-corrected chi connectivity index (χ1v) is 13.4. The number of pyridine rings is 1. The van der Waals surface area contributed by atoms with Crippen molar-refractivity contribution in [3.05, 3.63) is 41.7 Å². The van der Waals surface area contributed by atoms with Gasteiger partial charge in [-0.1, -0.05) is 30.6 Å². The number of nitrogens with one attached hydrogen (secondary N) is 1. The number of aromatic nitrogens is 1. The molecule has 1 amide bonds. The smallest absolute Gasteiger partial charge is 0.261 e. The molecule has 35 heavy (non-hydrogen) atoms. The Kier molecular flexibility index (Phi) is 6.58. The van der Waals surface area contributed by atoms with Crippen molar-refractivity contribution < 1.29 is 14.4 Å². The number of oxime groups is 1. The summed E-state index contributed by atoms with van der Waals surface area (Å²) >= 11 is 0. The van der Waals surface area contributed by atoms with Gasteiger partial charge >= 0.3 is 0 Å². The maximum atomic E-state index is 12.4. The summed E-state index contributed by atoms with van der Waals surface area (Å²) in [6.45, 7) is 7.05. The van der Waals surface area contributed by atoms with Crippen molar-refractivity contribution in [2.24, 2.45) is 39.7 Å². The fraction of sp³-hybridized carbons (Fsp3) is 0.655. The van der Waals surface area contributed by atoms with Crippen LogP contribution in [-0.2, 0) is 21.0 Å². The molecule has 1 N–H and O–H groups in total. The third-order valence-corrected chi connectivity index (χ3v) is 10.1. The number of ketones is 1. The Labute approximate surface area is 209 Å². The van der Waals surface area contributed by atoms with E-state index in [2.05, 4.69) is 35.4 Å². The molecule has 0 aromatic carbocycles. The summed E-state index contributed by atoms with van der Waals surface area (Å²) in [6, 6.07) is 3.78. The average Bonchev–Trinajstić information content (AvgIpc) is 3.21. The third kappa shape index (κ3) is 4.45. The zero-order valence-electron chi connectivity index (χ0n) is 21.4. The summed E-state index contributed by atoms with van der Waals surface area (Å²) in [5.74, 6) is 2.61. The van der Waals surface area contributed by atoms with E-state index < -0.39 is 0 Å². The summed E-state index contributed by atoms with van der Waals surface area (Å²) in [4.78, 5) is 34.0. The topological polar surface area (TPSA) is 80.6 Å². The molecule has 6 atom stereocenters. The van der Waals surface area contributed by atoms with E-state index in [0.29, 0.717) is 24.2 Å². The number of hydrogen-bond donors (Lipinski definition) is 1. The Bertz CT molecular complexity index is 1030. The van der Waals surface area contributed by atoms with E-state index in [1.165, 1.54) is 31.3 Å². The molecule has 3 fully saturated rings. The van der Waals surface area contributed by atoms with Crippen LogP contribution < -0.4 is 5.32 Å². The van der Waals surface area contributed by atoms with Gasteiger partial charge in [0.15, 0.2) is 6.61 Å². The number of carbonyl (C=O) groups excluding carboxylic acids is 2. The van der Waals surface area contributed by atoms with Gasteiger partial charge in [-0.2, -0.15) is 0 Å². The molecule has 0 saturated heterocycles. The molecule has 0 aliphatic heterocycles. The van der Waals surface area contributed by atoms with Crippen LogP contribution in [0.4, 0.5) is 0 Å². The van der Waals surface area contributed by atoms with E-state index in [4.69, 9.17) is 4.84 Å². The maximum Gasteiger partial charge on any atom is 0.261 e. The summed E-state index contributed by atoms with van der Waals surface area (Å²) < 4.78 is 0. The number of rotatable bonds is 6. The van der Waals surface area contributed by atoms with Crippen LogP contribution in [0.15, 0.2) is 41.3 Å². The van der Waals surface area contributed by atoms with Gasteiger partial charge in [-0.15, -0.1) is 0 Å². The molecule has 6 heteroatoms. The number of fused-ring (bicyclic) bond motifs is 5. The van der Waals surface area contributed by atoms with E-state index in [1.807, 2.05) is 19.1 Å². The minimum atomic E-state index is -0.183. The lowest BCUT2D eigenvalue weighted by molar-refractivity contribution is -0.128. The van der Waals surface area contributed by atoms with Crippen LogP contribution in [0.3, 0.4) is 0 Å². The minimum absolute atomic E-state index is 0.0769. The predicted molar refractivity (Wildman–Crippen MR) is 135 cm³/mol. The molecule has 5 rings (SSSR count). The minimum Gasteiger partial charge on any atom is -0.385 e. The van der Waals surface area contributed by atoms with E-state index in [9.17, 15) is 9.59 Å². The highest BCUT2D eigenvalue weighted by molar-refractivity contribution is 5.96. The van der Waals surface area contributed by atoms with Gasteiger partial charge in [0.1, 0.15) is 5.78 Å². The second-order valence-corrected chi connectivity index (χ2v) is 11.8. The maximum absolute atomic E-state index is 12.4. The fourth-order valence-corrected chi connectivity index (χ4v) is 8.24. The Hall–Kier alpha value is -2.50. The molecule has 0 spiro atoms. The van der Waals surface area contributed by atoms with Gasteiger partial charge < -0.3 is 10.2 Å². The summed E-state index contributed by atoms with van der Waals surface area (Å²) in [6.07, 6.45) is 14.7. The van der Waals surface area contributed by atoms with Crippen molar-refractivity contribution in [1.82, 2.24) is 10.3 Å². The van der Waals surface area contributed by atoms with E-state index >= 15 is 0 Å². The van der Waals surface area contributed by atoms with Gasteiger partial charge in [-0.25, -0.2) is 0 Å². The molecular weight excluding hydrogens is 438 g/mol. The van der Waals surface area contributed by atoms with Gasteiger partial charge in [0.05, 0.1) is 5.71 Å². The molecule has 6 nitrogen and oxygen atoms in total. The molecule has 1 aromatic heterocycles. The van der Waals surface area contributed by atoms with E-state index in [0.717, 1.165) is 42.9 Å². The van der Waals surface area contributed by atoms with Crippen molar-refractivity contribution in [3.63, 3.8) is 0 Å². The quantitative estimate of drug-likeness (QED) is 0.568. The Morgan fingerprint density at radius 3 is 2.77 bits per heavy atom. The zero-order valence-corrected chi connectivity index (χ0v) is 21.4. The molecule has 0 bridgehead atoms. The second-order valence-electron chi connectivity index (χ2n) is 11.8. The molecule has 4 aliphatic rings. The lowest BCUT2D eigenvalue weighted by Crippen LogP contribution is -2.51. The molecule has 188 valence electrons. The van der Waals surface area contributed by atoms with Gasteiger partial charge in [0.2, 0.25) is 0 Å². The molecule has 3 saturated carbocycles. The van der Waals surface area contributed by atoms with E-state index in [-0.39, 0.29) is 29.3 Å². The van der Waals surface area contributed by atoms with Crippen LogP contribution in [0.1, 0.15) is 77.7 Å². The standard InChI is InChI=1S/C29H39N3O3/c1-19(33)24-8-9-25-23-7-6-21-15-22(10-12-28(21,2)26(23)11-13-29(24,25)3)32-35-18-27(34)31-17-20-5-4-14-30-16-20/h4-5,14-16,23-26H,6-13,17-18H2,1-3H3,(H,31,34)/t23-,24-,25+,26+,28-,29+/m0/s1. The van der Waals surface area contributed by atoms with Crippen LogP contribution in [0.25, 0.3) is 0 Å². The summed E-state index contributed by atoms with van der Waals surface area (Å²) in [5.41, 5.74) is 3.85. The van der Waals surface area contributed by atoms with Gasteiger partial charge in [0, 0.05) is 24.9 Å². The van der Waals surface area contributed by atoms with Gasteiger partial charge in [0.25, 0.3) is 5.91 Å². The number of allylic oxidation sites excluding steroid dienone is 2. The number of Topliss-reactive ketones (excluding diaryl/α,β-unsaturated/α-hetero) is 1. The van der Waals surface area contributed by atoms with Crippen molar-refractivity contribution in [2.75, 3.05) is 6.61 Å². The van der Waals surface area contributed by atoms with Crippen molar-refractivity contribution in [1.29, 1.82) is 0 Å². The third-order valence-electron chi connectivity index (χ3n) is 10.1. The van der Waals surface area contributed by atoms with Gasteiger partial charge in [-0.05, 0) is 105 Å². The molecule has 0 radical (unpaired) electrons. The highest BCUT2D eigenvalue weighted by Crippen LogP contribution is 2.66. The SMILES string of the molecule is CC(=O)[C@@H]1CC[C@@H]2[C@@H]3CCC4=CC(=NOCC(=O)NCc5cccnc5)CC[C@]4(C)[C@@H]3CC[C@@]21C. The van der Waals surface area contributed by atoms with Crippen molar-refractivity contribution in [3.8, 4) is 0 Å². The second kappa shape index (κ2) is 9.51. The highest BCUT2D eigenvalue weighted by Gasteiger charge is 2.59. The van der Waals surface area contributed by atoms with Gasteiger partial charge in [-0.3, -0.25) is 14.6 Å². The predicted octanol–water partition coefficient (Wildman–Crippen LogP) is 5.24. The first-order valence-electron chi connectivity index (χ1n) is 13.4. The fourth-order valence-electron chi connectivity index (χ4n) is 8.24. The monoisotopic (exact) mass is 477 g/mol. The lowest BCUT2D eigenvalue weighted by Gasteiger charge is -2.58. The lowest BCUT2D eigenvalue weighted by atomic mass is 9.46. The molecule has 4 aliphatic carbocycles. The van der Waals surface area contributed by atoms with Crippen LogP contribution in [0.5, 0.6) is 0 Å². The zero-order chi connectivity index (χ0) is 24.6. The summed E-state index contributed by atoms with van der Waals surface area (Å²) in [5, 5.41) is 7.17. The summed E-state index contributed by atoms with van der Waals surface area (Å²) in [7, 11) is 0. The van der Waals surface area contributed by atoms with E-state index in [1.54, 1.807) is 12.4 Å². The molecular formula is C29H39N3O3. The first-order chi connectivity index (χ1) is 16.8. The largest absolute Gasteiger partial charge is 0.385 e. The van der Waals surface area contributed by atoms with Crippen LogP contribution >= 0.6 is 0 Å². The van der Waals surface area contributed by atoms with Crippen LogP contribution in [-0.4, -0.2) is 29.0 Å². The van der Waals surface area contributed by atoms with Crippen LogP contribution in [0, 0.1) is 34.5 Å². The number of amides is 1. The number of carbonyl (C=O) groups is 2. The van der Waals surface area contributed by atoms with Crippen molar-refractivity contribution in [2.45, 2.75) is 78.7 Å². The average molecular weight is 478 g/mol. The molecule has 1 heterocycles. The number of hydrogen-bond acceptors (Lipinski definition) is 5. The molecule has 0 unspecified atom stereocenters. The Balaban J connectivity index is 1.20. The normalized spacial score (nSPS) is 37.0. The van der Waals surface area contributed by atoms with Crippen LogP contribution in [0.2, 0.25) is 0 Å². The number of nitrogens with zero attached hydrogens (tertiary/aromatic N) is 2.